The lowest BCUT2D eigenvalue weighted by molar-refractivity contribution is 0.427. The van der Waals surface area contributed by atoms with E-state index in [1.807, 2.05) is 6.92 Å². The number of aromatic nitrogens is 2. The van der Waals surface area contributed by atoms with E-state index in [2.05, 4.69) is 48.9 Å². The van der Waals surface area contributed by atoms with E-state index >= 15 is 0 Å². The Labute approximate surface area is 92.9 Å². The number of aryl methyl sites for hydroxylation is 2. The third kappa shape index (κ3) is 3.67. The van der Waals surface area contributed by atoms with Crippen LogP contribution >= 0.6 is 0 Å². The first-order chi connectivity index (χ1) is 7.00. The van der Waals surface area contributed by atoms with Crippen LogP contribution < -0.4 is 5.32 Å². The molecule has 1 rings (SSSR count). The highest BCUT2D eigenvalue weighted by Crippen LogP contribution is 2.09. The van der Waals surface area contributed by atoms with Crippen LogP contribution in [0, 0.1) is 19.8 Å². The Hall–Kier alpha value is -0.830. The van der Waals surface area contributed by atoms with Crippen molar-refractivity contribution in [1.29, 1.82) is 0 Å². The number of nitrogens with one attached hydrogen (secondary N) is 1. The second-order valence-corrected chi connectivity index (χ2v) is 4.77. The van der Waals surface area contributed by atoms with Gasteiger partial charge in [0.1, 0.15) is 0 Å². The second kappa shape index (κ2) is 5.31. The molecule has 86 valence electrons. The van der Waals surface area contributed by atoms with Gasteiger partial charge in [-0.1, -0.05) is 13.8 Å². The highest BCUT2D eigenvalue weighted by atomic mass is 15.3. The van der Waals surface area contributed by atoms with Gasteiger partial charge < -0.3 is 5.32 Å². The first kappa shape index (κ1) is 12.2. The molecular formula is C12H23N3. The van der Waals surface area contributed by atoms with E-state index < -0.39 is 0 Å². The fourth-order valence-electron chi connectivity index (χ4n) is 1.76. The van der Waals surface area contributed by atoms with Crippen LogP contribution in [-0.4, -0.2) is 22.9 Å². The minimum absolute atomic E-state index is 0.428. The second-order valence-electron chi connectivity index (χ2n) is 4.77. The monoisotopic (exact) mass is 209 g/mol. The molecule has 15 heavy (non-hydrogen) atoms. The summed E-state index contributed by atoms with van der Waals surface area (Å²) < 4.78 is 2.10. The molecule has 0 saturated carbocycles. The molecule has 1 aromatic rings. The molecule has 1 heterocycles. The summed E-state index contributed by atoms with van der Waals surface area (Å²) in [6, 6.07) is 2.55. The van der Waals surface area contributed by atoms with Crippen LogP contribution in [0.2, 0.25) is 0 Å². The molecule has 1 aromatic heterocycles. The van der Waals surface area contributed by atoms with Crippen LogP contribution in [0.3, 0.4) is 0 Å². The number of hydrogen-bond donors (Lipinski definition) is 1. The van der Waals surface area contributed by atoms with Gasteiger partial charge in [0, 0.05) is 12.2 Å². The summed E-state index contributed by atoms with van der Waals surface area (Å²) in [6.45, 7) is 12.9. The molecule has 3 nitrogen and oxygen atoms in total. The minimum Gasteiger partial charge on any atom is -0.314 e. The summed E-state index contributed by atoms with van der Waals surface area (Å²) in [5, 5.41) is 7.94. The lowest BCUT2D eigenvalue weighted by Crippen LogP contribution is -2.27. The average molecular weight is 209 g/mol. The Kier molecular flexibility index (Phi) is 4.33. The quantitative estimate of drug-likeness (QED) is 0.806. The van der Waals surface area contributed by atoms with E-state index in [1.54, 1.807) is 0 Å². The maximum atomic E-state index is 4.48. The van der Waals surface area contributed by atoms with Gasteiger partial charge in [-0.2, -0.15) is 5.10 Å². The molecule has 0 bridgehead atoms. The summed E-state index contributed by atoms with van der Waals surface area (Å²) >= 11 is 0. The minimum atomic E-state index is 0.428. The lowest BCUT2D eigenvalue weighted by Gasteiger charge is -2.16. The summed E-state index contributed by atoms with van der Waals surface area (Å²) in [6.07, 6.45) is 0. The van der Waals surface area contributed by atoms with E-state index in [9.17, 15) is 0 Å². The van der Waals surface area contributed by atoms with Crippen molar-refractivity contribution in [2.24, 2.45) is 5.92 Å². The fourth-order valence-corrected chi connectivity index (χ4v) is 1.76. The maximum absolute atomic E-state index is 4.48. The molecule has 0 aliphatic heterocycles. The molecule has 1 N–H and O–H groups in total. The smallest absolute Gasteiger partial charge is 0.0618 e. The first-order valence-corrected chi connectivity index (χ1v) is 5.74. The summed E-state index contributed by atoms with van der Waals surface area (Å²) in [7, 11) is 0. The van der Waals surface area contributed by atoms with Crippen molar-refractivity contribution in [2.75, 3.05) is 13.1 Å². The predicted octanol–water partition coefficient (Wildman–Crippen LogP) is 2.31. The Balaban J connectivity index is 2.46. The first-order valence-electron chi connectivity index (χ1n) is 5.74. The predicted molar refractivity (Wildman–Crippen MR) is 64.1 cm³/mol. The van der Waals surface area contributed by atoms with Gasteiger partial charge in [0.25, 0.3) is 0 Å². The van der Waals surface area contributed by atoms with Gasteiger partial charge in [0.05, 0.1) is 11.7 Å². The van der Waals surface area contributed by atoms with Gasteiger partial charge in [-0.05, 0) is 39.3 Å². The van der Waals surface area contributed by atoms with Gasteiger partial charge in [-0.15, -0.1) is 0 Å². The Morgan fingerprint density at radius 2 is 1.93 bits per heavy atom. The summed E-state index contributed by atoms with van der Waals surface area (Å²) in [5.41, 5.74) is 2.34. The highest BCUT2D eigenvalue weighted by molar-refractivity contribution is 5.07. The molecule has 0 spiro atoms. The van der Waals surface area contributed by atoms with Gasteiger partial charge in [0.15, 0.2) is 0 Å². The third-order valence-electron chi connectivity index (χ3n) is 2.45. The highest BCUT2D eigenvalue weighted by Gasteiger charge is 2.08. The zero-order valence-corrected chi connectivity index (χ0v) is 10.5. The van der Waals surface area contributed by atoms with Crippen LogP contribution in [0.5, 0.6) is 0 Å². The van der Waals surface area contributed by atoms with Crippen molar-refractivity contribution >= 4 is 0 Å². The molecule has 1 unspecified atom stereocenters. The van der Waals surface area contributed by atoms with Gasteiger partial charge >= 0.3 is 0 Å². The molecule has 3 heteroatoms. The standard InChI is InChI=1S/C12H23N3/c1-9(2)7-13-8-12(5)15-11(4)6-10(3)14-15/h6,9,12-13H,7-8H2,1-5H3. The molecule has 0 aliphatic carbocycles. The Bertz CT molecular complexity index is 302. The van der Waals surface area contributed by atoms with Crippen molar-refractivity contribution < 1.29 is 0 Å². The number of nitrogens with zero attached hydrogens (tertiary/aromatic N) is 2. The van der Waals surface area contributed by atoms with Crippen LogP contribution in [-0.2, 0) is 0 Å². The average Bonchev–Trinajstić information content (AvgIpc) is 2.44. The third-order valence-corrected chi connectivity index (χ3v) is 2.45. The maximum Gasteiger partial charge on any atom is 0.0618 e. The summed E-state index contributed by atoms with van der Waals surface area (Å²) in [4.78, 5) is 0. The topological polar surface area (TPSA) is 29.9 Å². The van der Waals surface area contributed by atoms with Gasteiger partial charge in [-0.25, -0.2) is 0 Å². The molecule has 0 fully saturated rings. The van der Waals surface area contributed by atoms with Crippen LogP contribution in [0.15, 0.2) is 6.07 Å². The Morgan fingerprint density at radius 3 is 2.40 bits per heavy atom. The van der Waals surface area contributed by atoms with Crippen molar-refractivity contribution in [3.8, 4) is 0 Å². The van der Waals surface area contributed by atoms with Gasteiger partial charge in [0.2, 0.25) is 0 Å². The largest absolute Gasteiger partial charge is 0.314 e. The van der Waals surface area contributed by atoms with Gasteiger partial charge in [-0.3, -0.25) is 4.68 Å². The lowest BCUT2D eigenvalue weighted by atomic mass is 10.2. The van der Waals surface area contributed by atoms with E-state index in [1.165, 1.54) is 5.69 Å². The number of rotatable bonds is 5. The summed E-state index contributed by atoms with van der Waals surface area (Å²) in [5.74, 6) is 0.706. The van der Waals surface area contributed by atoms with E-state index in [0.29, 0.717) is 12.0 Å². The van der Waals surface area contributed by atoms with Crippen molar-refractivity contribution in [3.63, 3.8) is 0 Å². The Morgan fingerprint density at radius 1 is 1.27 bits per heavy atom. The molecule has 0 aromatic carbocycles. The van der Waals surface area contributed by atoms with E-state index in [-0.39, 0.29) is 0 Å². The molecule has 1 atom stereocenters. The molecule has 0 amide bonds. The SMILES string of the molecule is Cc1cc(C)n(C(C)CNCC(C)C)n1. The zero-order valence-electron chi connectivity index (χ0n) is 10.5. The molecular weight excluding hydrogens is 186 g/mol. The normalized spacial score (nSPS) is 13.5. The van der Waals surface area contributed by atoms with E-state index in [0.717, 1.165) is 18.8 Å². The molecule has 0 saturated heterocycles. The van der Waals surface area contributed by atoms with Crippen molar-refractivity contribution in [3.05, 3.63) is 17.5 Å². The zero-order chi connectivity index (χ0) is 11.4. The van der Waals surface area contributed by atoms with Crippen LogP contribution in [0.25, 0.3) is 0 Å². The van der Waals surface area contributed by atoms with E-state index in [4.69, 9.17) is 0 Å². The van der Waals surface area contributed by atoms with Crippen LogP contribution in [0.4, 0.5) is 0 Å². The van der Waals surface area contributed by atoms with Crippen molar-refractivity contribution in [2.45, 2.75) is 40.7 Å². The fraction of sp³-hybridized carbons (Fsp3) is 0.750. The molecule has 0 aliphatic rings. The number of hydrogen-bond acceptors (Lipinski definition) is 2. The van der Waals surface area contributed by atoms with Crippen molar-refractivity contribution in [1.82, 2.24) is 15.1 Å². The van der Waals surface area contributed by atoms with Crippen LogP contribution in [0.1, 0.15) is 38.2 Å². The molecule has 0 radical (unpaired) electrons.